The van der Waals surface area contributed by atoms with Crippen molar-refractivity contribution in [2.24, 2.45) is 0 Å². The molecular formula is C18H20FN3O3S2. The SMILES string of the molecule is C=CCn1c(S[C@H](C)C(=O)c2ccc(F)cc2)nnc1[C@@H]1CCS(=O)(=O)C1. The molecule has 2 atom stereocenters. The Balaban J connectivity index is 1.81. The van der Waals surface area contributed by atoms with Crippen LogP contribution in [0.1, 0.15) is 35.4 Å². The highest BCUT2D eigenvalue weighted by Crippen LogP contribution is 2.32. The fraction of sp³-hybridized carbons (Fsp3) is 0.389. The Hall–Kier alpha value is -2.00. The van der Waals surface area contributed by atoms with Gasteiger partial charge in [-0.3, -0.25) is 4.79 Å². The maximum atomic E-state index is 13.1. The average Bonchev–Trinajstić information content (AvgIpc) is 3.18. The van der Waals surface area contributed by atoms with Crippen LogP contribution < -0.4 is 0 Å². The van der Waals surface area contributed by atoms with Crippen molar-refractivity contribution in [3.63, 3.8) is 0 Å². The van der Waals surface area contributed by atoms with E-state index in [4.69, 9.17) is 0 Å². The number of benzene rings is 1. The standard InChI is InChI=1S/C18H20FN3O3S2/c1-3-9-22-17(14-8-10-27(24,25)11-14)20-21-18(22)26-12(2)16(23)13-4-6-15(19)7-5-13/h3-7,12,14H,1,8-11H2,2H3/t12-,14-/m1/s1. The smallest absolute Gasteiger partial charge is 0.192 e. The molecule has 6 nitrogen and oxygen atoms in total. The van der Waals surface area contributed by atoms with E-state index < -0.39 is 20.9 Å². The first-order valence-corrected chi connectivity index (χ1v) is 11.2. The molecule has 0 radical (unpaired) electrons. The second-order valence-corrected chi connectivity index (χ2v) is 10.0. The molecule has 1 aromatic carbocycles. The van der Waals surface area contributed by atoms with E-state index in [9.17, 15) is 17.6 Å². The summed E-state index contributed by atoms with van der Waals surface area (Å²) in [7, 11) is -3.04. The van der Waals surface area contributed by atoms with E-state index in [1.807, 2.05) is 4.57 Å². The molecule has 1 saturated heterocycles. The van der Waals surface area contributed by atoms with E-state index in [1.54, 1.807) is 13.0 Å². The van der Waals surface area contributed by atoms with E-state index in [0.717, 1.165) is 0 Å². The zero-order valence-electron chi connectivity index (χ0n) is 14.8. The number of halogens is 1. The molecular weight excluding hydrogens is 389 g/mol. The molecule has 1 aliphatic rings. The van der Waals surface area contributed by atoms with Crippen LogP contribution in [0.25, 0.3) is 0 Å². The summed E-state index contributed by atoms with van der Waals surface area (Å²) in [6.45, 7) is 5.92. The van der Waals surface area contributed by atoms with Gasteiger partial charge >= 0.3 is 0 Å². The number of Topliss-reactive ketones (excluding diaryl/α,β-unsaturated/α-hetero) is 1. The lowest BCUT2D eigenvalue weighted by atomic mass is 10.1. The number of ketones is 1. The predicted octanol–water partition coefficient (Wildman–Crippen LogP) is 2.87. The second kappa shape index (κ2) is 7.93. The molecule has 0 amide bonds. The maximum Gasteiger partial charge on any atom is 0.192 e. The monoisotopic (exact) mass is 409 g/mol. The van der Waals surface area contributed by atoms with Crippen LogP contribution in [0.5, 0.6) is 0 Å². The Bertz CT molecular complexity index is 955. The van der Waals surface area contributed by atoms with Crippen LogP contribution >= 0.6 is 11.8 Å². The van der Waals surface area contributed by atoms with Crippen LogP contribution in [0.2, 0.25) is 0 Å². The number of sulfone groups is 1. The van der Waals surface area contributed by atoms with Crippen LogP contribution in [0, 0.1) is 5.82 Å². The Morgan fingerprint density at radius 2 is 2.11 bits per heavy atom. The Labute approximate surface area is 161 Å². The molecule has 0 unspecified atom stereocenters. The third-order valence-electron chi connectivity index (χ3n) is 4.43. The van der Waals surface area contributed by atoms with Gasteiger partial charge < -0.3 is 4.57 Å². The average molecular weight is 410 g/mol. The molecule has 1 aliphatic heterocycles. The van der Waals surface area contributed by atoms with Gasteiger partial charge in [-0.15, -0.1) is 16.8 Å². The van der Waals surface area contributed by atoms with Crippen molar-refractivity contribution in [1.82, 2.24) is 14.8 Å². The largest absolute Gasteiger partial charge is 0.302 e. The van der Waals surface area contributed by atoms with Crippen molar-refractivity contribution >= 4 is 27.4 Å². The van der Waals surface area contributed by atoms with E-state index in [2.05, 4.69) is 16.8 Å². The minimum Gasteiger partial charge on any atom is -0.302 e. The number of thioether (sulfide) groups is 1. The van der Waals surface area contributed by atoms with Crippen LogP contribution in [-0.4, -0.2) is 45.7 Å². The van der Waals surface area contributed by atoms with Crippen molar-refractivity contribution in [3.8, 4) is 0 Å². The molecule has 3 rings (SSSR count). The molecule has 0 N–H and O–H groups in total. The number of carbonyl (C=O) groups excluding carboxylic acids is 1. The summed E-state index contributed by atoms with van der Waals surface area (Å²) in [4.78, 5) is 12.6. The third-order valence-corrected chi connectivity index (χ3v) is 7.28. The molecule has 0 bridgehead atoms. The fourth-order valence-corrected chi connectivity index (χ4v) is 5.73. The fourth-order valence-electron chi connectivity index (χ4n) is 3.05. The molecule has 144 valence electrons. The van der Waals surface area contributed by atoms with Crippen molar-refractivity contribution < 1.29 is 17.6 Å². The Morgan fingerprint density at radius 3 is 2.70 bits per heavy atom. The van der Waals surface area contributed by atoms with Gasteiger partial charge in [0.2, 0.25) is 0 Å². The first-order chi connectivity index (χ1) is 12.8. The summed E-state index contributed by atoms with van der Waals surface area (Å²) < 4.78 is 38.4. The quantitative estimate of drug-likeness (QED) is 0.397. The van der Waals surface area contributed by atoms with Gasteiger partial charge in [-0.2, -0.15) is 0 Å². The van der Waals surface area contributed by atoms with Gasteiger partial charge in [-0.05, 0) is 37.6 Å². The summed E-state index contributed by atoms with van der Waals surface area (Å²) >= 11 is 1.25. The molecule has 0 aliphatic carbocycles. The summed E-state index contributed by atoms with van der Waals surface area (Å²) in [6.07, 6.45) is 2.21. The Morgan fingerprint density at radius 1 is 1.41 bits per heavy atom. The number of aromatic nitrogens is 3. The van der Waals surface area contributed by atoms with Crippen LogP contribution in [-0.2, 0) is 16.4 Å². The summed E-state index contributed by atoms with van der Waals surface area (Å²) in [6, 6.07) is 5.42. The molecule has 0 spiro atoms. The van der Waals surface area contributed by atoms with Gasteiger partial charge in [0.05, 0.1) is 16.8 Å². The molecule has 0 saturated carbocycles. The number of allylic oxidation sites excluding steroid dienone is 1. The lowest BCUT2D eigenvalue weighted by molar-refractivity contribution is 0.0993. The van der Waals surface area contributed by atoms with Crippen LogP contribution in [0.15, 0.2) is 42.1 Å². The van der Waals surface area contributed by atoms with Crippen molar-refractivity contribution in [2.75, 3.05) is 11.5 Å². The van der Waals surface area contributed by atoms with Gasteiger partial charge in [0.15, 0.2) is 20.8 Å². The maximum absolute atomic E-state index is 13.1. The first-order valence-electron chi connectivity index (χ1n) is 8.51. The highest BCUT2D eigenvalue weighted by atomic mass is 32.2. The lowest BCUT2D eigenvalue weighted by Crippen LogP contribution is -2.16. The highest BCUT2D eigenvalue weighted by Gasteiger charge is 2.33. The molecule has 2 aromatic rings. The normalized spacial score (nSPS) is 19.7. The summed E-state index contributed by atoms with van der Waals surface area (Å²) in [5, 5.41) is 8.46. The van der Waals surface area contributed by atoms with Gasteiger partial charge in [-0.1, -0.05) is 17.8 Å². The van der Waals surface area contributed by atoms with Gasteiger partial charge in [0.25, 0.3) is 0 Å². The van der Waals surface area contributed by atoms with Crippen molar-refractivity contribution in [3.05, 3.63) is 54.1 Å². The zero-order chi connectivity index (χ0) is 19.6. The van der Waals surface area contributed by atoms with Crippen molar-refractivity contribution in [2.45, 2.75) is 36.2 Å². The van der Waals surface area contributed by atoms with E-state index >= 15 is 0 Å². The van der Waals surface area contributed by atoms with E-state index in [0.29, 0.717) is 29.5 Å². The van der Waals surface area contributed by atoms with E-state index in [1.165, 1.54) is 36.0 Å². The summed E-state index contributed by atoms with van der Waals surface area (Å²) in [5.41, 5.74) is 0.424. The molecule has 1 aromatic heterocycles. The highest BCUT2D eigenvalue weighted by molar-refractivity contribution is 8.00. The number of carbonyl (C=O) groups is 1. The molecule has 9 heteroatoms. The first kappa shape index (κ1) is 19.8. The predicted molar refractivity (Wildman–Crippen MR) is 102 cm³/mol. The molecule has 1 fully saturated rings. The number of hydrogen-bond acceptors (Lipinski definition) is 6. The minimum atomic E-state index is -3.04. The van der Waals surface area contributed by atoms with Crippen LogP contribution in [0.4, 0.5) is 4.39 Å². The van der Waals surface area contributed by atoms with Crippen molar-refractivity contribution in [1.29, 1.82) is 0 Å². The number of nitrogens with zero attached hydrogens (tertiary/aromatic N) is 3. The third kappa shape index (κ3) is 4.47. The number of rotatable bonds is 7. The Kier molecular flexibility index (Phi) is 5.81. The summed E-state index contributed by atoms with van der Waals surface area (Å²) in [5.74, 6) is 0.101. The number of hydrogen-bond donors (Lipinski definition) is 0. The van der Waals surface area contributed by atoms with Crippen LogP contribution in [0.3, 0.4) is 0 Å². The lowest BCUT2D eigenvalue weighted by Gasteiger charge is -2.13. The van der Waals surface area contributed by atoms with Gasteiger partial charge in [-0.25, -0.2) is 12.8 Å². The topological polar surface area (TPSA) is 81.9 Å². The zero-order valence-corrected chi connectivity index (χ0v) is 16.5. The minimum absolute atomic E-state index is 0.0665. The molecule has 27 heavy (non-hydrogen) atoms. The molecule has 2 heterocycles. The van der Waals surface area contributed by atoms with Gasteiger partial charge in [0.1, 0.15) is 11.6 Å². The van der Waals surface area contributed by atoms with E-state index in [-0.39, 0.29) is 23.2 Å². The van der Waals surface area contributed by atoms with Gasteiger partial charge in [0, 0.05) is 18.0 Å². The second-order valence-electron chi connectivity index (χ2n) is 6.47.